The highest BCUT2D eigenvalue weighted by molar-refractivity contribution is 5.74. The molecule has 0 aliphatic rings. The first-order chi connectivity index (χ1) is 18.5. The lowest BCUT2D eigenvalue weighted by Crippen LogP contribution is -2.34. The first kappa shape index (κ1) is 38.1. The quantitative estimate of drug-likeness (QED) is 0.172. The van der Waals surface area contributed by atoms with Crippen LogP contribution in [0, 0.1) is 5.92 Å². The summed E-state index contributed by atoms with van der Waals surface area (Å²) in [6.45, 7) is 3.05. The Bertz CT molecular complexity index is 1020. The summed E-state index contributed by atoms with van der Waals surface area (Å²) < 4.78 is 0. The Balaban J connectivity index is 0. The standard InChI is InChI=1S/C9H11NO3.C9H11NO2.C5H11NO2.C3H7NO3/c10-8(9(12)13)5-6-1-3-7(11)4-2-6;10-8(9(11)12)6-7-4-2-1-3-5-7;1-3(2)4(6)5(7)8;4-2(1-5)3(6)7/h1-4,8,11H,5,10H2,(H,12,13);1-5,8H,6,10H2,(H,11,12);3-4H,6H2,1-2H3,(H,7,8);2,5H,1,4H2,(H,6,7)/t2*8-;4-;2-/m0000/s1. The summed E-state index contributed by atoms with van der Waals surface area (Å²) in [5, 5.41) is 50.1. The number of aliphatic hydroxyl groups is 1. The molecule has 0 heterocycles. The van der Waals surface area contributed by atoms with E-state index in [1.165, 1.54) is 12.1 Å². The number of carbonyl (C=O) groups is 4. The van der Waals surface area contributed by atoms with Gasteiger partial charge in [0.05, 0.1) is 6.61 Å². The van der Waals surface area contributed by atoms with Gasteiger partial charge in [0.1, 0.15) is 29.9 Å². The highest BCUT2D eigenvalue weighted by Crippen LogP contribution is 2.10. The van der Waals surface area contributed by atoms with Crippen molar-refractivity contribution in [3.63, 3.8) is 0 Å². The van der Waals surface area contributed by atoms with Crippen molar-refractivity contribution in [3.05, 3.63) is 65.7 Å². The molecule has 0 radical (unpaired) electrons. The highest BCUT2D eigenvalue weighted by Gasteiger charge is 2.14. The molecular formula is C26H40N4O10. The number of benzene rings is 2. The lowest BCUT2D eigenvalue weighted by Gasteiger charge is -2.07. The van der Waals surface area contributed by atoms with E-state index < -0.39 is 54.7 Å². The minimum atomic E-state index is -1.18. The molecule has 0 amide bonds. The van der Waals surface area contributed by atoms with E-state index >= 15 is 0 Å². The smallest absolute Gasteiger partial charge is 0.322 e. The van der Waals surface area contributed by atoms with Crippen LogP contribution in [-0.4, -0.2) is 85.3 Å². The van der Waals surface area contributed by atoms with Crippen LogP contribution >= 0.6 is 0 Å². The zero-order chi connectivity index (χ0) is 31.4. The van der Waals surface area contributed by atoms with Crippen LogP contribution < -0.4 is 22.9 Å². The second-order valence-corrected chi connectivity index (χ2v) is 8.69. The Labute approximate surface area is 231 Å². The molecule has 2 rings (SSSR count). The van der Waals surface area contributed by atoms with E-state index in [0.717, 1.165) is 11.1 Å². The average molecular weight is 569 g/mol. The van der Waals surface area contributed by atoms with E-state index in [9.17, 15) is 19.2 Å². The molecule has 0 spiro atoms. The van der Waals surface area contributed by atoms with Gasteiger partial charge in [0.25, 0.3) is 0 Å². The lowest BCUT2D eigenvalue weighted by molar-refractivity contribution is -0.140. The van der Waals surface area contributed by atoms with Gasteiger partial charge < -0.3 is 53.6 Å². The molecule has 0 saturated carbocycles. The number of hydrogen-bond acceptors (Lipinski definition) is 10. The zero-order valence-corrected chi connectivity index (χ0v) is 22.3. The fourth-order valence-corrected chi connectivity index (χ4v) is 2.29. The molecule has 224 valence electrons. The van der Waals surface area contributed by atoms with Gasteiger partial charge in [-0.25, -0.2) is 0 Å². The Morgan fingerprint density at radius 3 is 1.25 bits per heavy atom. The topological polar surface area (TPSA) is 294 Å². The van der Waals surface area contributed by atoms with Crippen molar-refractivity contribution < 1.29 is 49.8 Å². The number of nitrogens with two attached hydrogens (primary N) is 4. The van der Waals surface area contributed by atoms with Gasteiger partial charge in [-0.05, 0) is 42.0 Å². The molecule has 0 aliphatic carbocycles. The summed E-state index contributed by atoms with van der Waals surface area (Å²) in [6, 6.07) is 12.1. The number of carboxylic acid groups (broad SMARTS) is 4. The van der Waals surface area contributed by atoms with Crippen molar-refractivity contribution in [3.8, 4) is 5.75 Å². The maximum absolute atomic E-state index is 10.4. The third kappa shape index (κ3) is 19.1. The lowest BCUT2D eigenvalue weighted by atomic mass is 10.1. The molecule has 0 fully saturated rings. The van der Waals surface area contributed by atoms with E-state index in [2.05, 4.69) is 0 Å². The fourth-order valence-electron chi connectivity index (χ4n) is 2.29. The molecule has 40 heavy (non-hydrogen) atoms. The SMILES string of the molecule is CC(C)[C@H](N)C(=O)O.N[C@@H](CO)C(=O)O.N[C@@H](Cc1ccc(O)cc1)C(=O)O.N[C@@H](Cc1ccccc1)C(=O)O. The minimum Gasteiger partial charge on any atom is -0.508 e. The van der Waals surface area contributed by atoms with Crippen molar-refractivity contribution >= 4 is 23.9 Å². The molecule has 0 bridgehead atoms. The van der Waals surface area contributed by atoms with Gasteiger partial charge in [-0.3, -0.25) is 19.2 Å². The molecule has 0 unspecified atom stereocenters. The van der Waals surface area contributed by atoms with Crippen LogP contribution in [0.2, 0.25) is 0 Å². The Morgan fingerprint density at radius 1 is 0.625 bits per heavy atom. The van der Waals surface area contributed by atoms with Crippen molar-refractivity contribution in [1.82, 2.24) is 0 Å². The number of phenols is 1. The van der Waals surface area contributed by atoms with Gasteiger partial charge in [0.2, 0.25) is 0 Å². The summed E-state index contributed by atoms with van der Waals surface area (Å²) in [4.78, 5) is 40.4. The number of carboxylic acids is 4. The van der Waals surface area contributed by atoms with Crippen LogP contribution in [0.3, 0.4) is 0 Å². The molecule has 2 aromatic rings. The predicted molar refractivity (Wildman–Crippen MR) is 146 cm³/mol. The first-order valence-electron chi connectivity index (χ1n) is 11.9. The first-order valence-corrected chi connectivity index (χ1v) is 11.9. The second kappa shape index (κ2) is 20.8. The molecule has 0 aliphatic heterocycles. The second-order valence-electron chi connectivity index (χ2n) is 8.69. The van der Waals surface area contributed by atoms with Crippen LogP contribution in [-0.2, 0) is 32.0 Å². The van der Waals surface area contributed by atoms with Crippen LogP contribution in [0.1, 0.15) is 25.0 Å². The van der Waals surface area contributed by atoms with Crippen LogP contribution in [0.15, 0.2) is 54.6 Å². The van der Waals surface area contributed by atoms with Gasteiger partial charge in [-0.1, -0.05) is 56.3 Å². The van der Waals surface area contributed by atoms with Crippen molar-refractivity contribution in [2.75, 3.05) is 6.61 Å². The largest absolute Gasteiger partial charge is 0.508 e. The van der Waals surface area contributed by atoms with E-state index in [-0.39, 0.29) is 18.1 Å². The predicted octanol–water partition coefficient (Wildman–Crippen LogP) is -0.567. The molecule has 2 aromatic carbocycles. The summed E-state index contributed by atoms with van der Waals surface area (Å²) in [5.41, 5.74) is 22.3. The van der Waals surface area contributed by atoms with Crippen LogP contribution in [0.5, 0.6) is 5.75 Å². The number of aromatic hydroxyl groups is 1. The van der Waals surface area contributed by atoms with Crippen molar-refractivity contribution in [2.45, 2.75) is 50.9 Å². The summed E-state index contributed by atoms with van der Waals surface area (Å²) in [6.07, 6.45) is 0.659. The summed E-state index contributed by atoms with van der Waals surface area (Å²) in [7, 11) is 0. The molecular weight excluding hydrogens is 528 g/mol. The van der Waals surface area contributed by atoms with E-state index in [4.69, 9.17) is 53.6 Å². The Hall–Kier alpha value is -4.08. The average Bonchev–Trinajstić information content (AvgIpc) is 2.90. The van der Waals surface area contributed by atoms with Gasteiger partial charge in [0, 0.05) is 0 Å². The maximum Gasteiger partial charge on any atom is 0.322 e. The Morgan fingerprint density at radius 2 is 1.00 bits per heavy atom. The summed E-state index contributed by atoms with van der Waals surface area (Å²) in [5.74, 6) is -3.91. The van der Waals surface area contributed by atoms with Crippen molar-refractivity contribution in [1.29, 1.82) is 0 Å². The maximum atomic E-state index is 10.4. The normalized spacial score (nSPS) is 12.9. The van der Waals surface area contributed by atoms with Gasteiger partial charge in [0.15, 0.2) is 0 Å². The molecule has 14 N–H and O–H groups in total. The van der Waals surface area contributed by atoms with Gasteiger partial charge in [-0.2, -0.15) is 0 Å². The molecule has 0 aromatic heterocycles. The van der Waals surface area contributed by atoms with E-state index in [1.54, 1.807) is 26.0 Å². The van der Waals surface area contributed by atoms with Gasteiger partial charge >= 0.3 is 23.9 Å². The molecule has 14 nitrogen and oxygen atoms in total. The third-order valence-corrected chi connectivity index (χ3v) is 4.84. The number of rotatable bonds is 10. The molecule has 14 heteroatoms. The number of hydrogen-bond donors (Lipinski definition) is 10. The zero-order valence-electron chi connectivity index (χ0n) is 22.3. The van der Waals surface area contributed by atoms with E-state index in [0.29, 0.717) is 6.42 Å². The highest BCUT2D eigenvalue weighted by atomic mass is 16.4. The third-order valence-electron chi connectivity index (χ3n) is 4.84. The van der Waals surface area contributed by atoms with Gasteiger partial charge in [-0.15, -0.1) is 0 Å². The van der Waals surface area contributed by atoms with E-state index in [1.807, 2.05) is 30.3 Å². The molecule has 0 saturated heterocycles. The number of aliphatic carboxylic acids is 4. The van der Waals surface area contributed by atoms with Crippen LogP contribution in [0.25, 0.3) is 0 Å². The summed E-state index contributed by atoms with van der Waals surface area (Å²) >= 11 is 0. The Kier molecular flexibility index (Phi) is 19.8. The van der Waals surface area contributed by atoms with Crippen LogP contribution in [0.4, 0.5) is 0 Å². The fraction of sp³-hybridized carbons (Fsp3) is 0.385. The van der Waals surface area contributed by atoms with Crippen molar-refractivity contribution in [2.24, 2.45) is 28.9 Å². The minimum absolute atomic E-state index is 0.0208. The monoisotopic (exact) mass is 568 g/mol. The number of aliphatic hydroxyl groups excluding tert-OH is 1. The number of phenolic OH excluding ortho intramolecular Hbond substituents is 1. The molecule has 4 atom stereocenters.